The molecule has 0 fully saturated rings. The summed E-state index contributed by atoms with van der Waals surface area (Å²) < 4.78 is 29.7. The van der Waals surface area contributed by atoms with E-state index in [0.717, 1.165) is 28.2 Å². The predicted molar refractivity (Wildman–Crippen MR) is 145 cm³/mol. The summed E-state index contributed by atoms with van der Waals surface area (Å²) in [5.74, 6) is -1.15. The molecule has 3 aromatic rings. The minimum atomic E-state index is -0.888. The second kappa shape index (κ2) is 11.1. The third kappa shape index (κ3) is 5.42. The molecule has 0 saturated heterocycles. The maximum atomic E-state index is 14.9. The van der Waals surface area contributed by atoms with Crippen LogP contribution in [-0.2, 0) is 6.54 Å². The van der Waals surface area contributed by atoms with Crippen molar-refractivity contribution in [2.24, 2.45) is 0 Å². The van der Waals surface area contributed by atoms with Gasteiger partial charge in [-0.2, -0.15) is 4.98 Å². The van der Waals surface area contributed by atoms with Crippen molar-refractivity contribution in [2.45, 2.75) is 33.4 Å². The van der Waals surface area contributed by atoms with Gasteiger partial charge in [0.1, 0.15) is 23.2 Å². The molecule has 0 saturated carbocycles. The molecule has 0 spiro atoms. The van der Waals surface area contributed by atoms with Crippen LogP contribution in [0.25, 0.3) is 11.3 Å². The number of para-hydroxylation sites is 1. The average molecular weight is 523 g/mol. The van der Waals surface area contributed by atoms with Gasteiger partial charge in [-0.1, -0.05) is 32.0 Å². The van der Waals surface area contributed by atoms with Crippen molar-refractivity contribution in [3.63, 3.8) is 0 Å². The minimum absolute atomic E-state index is 0.0695. The number of amidine groups is 1. The molecule has 2 amide bonds. The van der Waals surface area contributed by atoms with E-state index in [1.165, 1.54) is 6.07 Å². The number of carbonyl (C=O) groups is 1. The Morgan fingerprint density at radius 2 is 1.87 bits per heavy atom. The Hall–Kier alpha value is -4.12. The number of aryl methyl sites for hydroxylation is 1. The van der Waals surface area contributed by atoms with Crippen LogP contribution < -0.4 is 20.9 Å². The molecule has 200 valence electrons. The van der Waals surface area contributed by atoms with E-state index in [2.05, 4.69) is 20.9 Å². The van der Waals surface area contributed by atoms with Gasteiger partial charge in [0.05, 0.1) is 12.2 Å². The third-order valence-corrected chi connectivity index (χ3v) is 6.15. The van der Waals surface area contributed by atoms with Crippen molar-refractivity contribution in [1.82, 2.24) is 25.5 Å². The Morgan fingerprint density at radius 3 is 2.53 bits per heavy atom. The highest BCUT2D eigenvalue weighted by Gasteiger charge is 2.34. The average Bonchev–Trinajstić information content (AvgIpc) is 2.87. The molecule has 1 aromatic heterocycles. The first-order valence-corrected chi connectivity index (χ1v) is 12.4. The first-order valence-electron chi connectivity index (χ1n) is 12.4. The number of carbonyl (C=O) groups excluding carboxylic acids is 1. The van der Waals surface area contributed by atoms with Crippen LogP contribution in [0.2, 0.25) is 0 Å². The number of rotatable bonds is 8. The van der Waals surface area contributed by atoms with E-state index < -0.39 is 23.4 Å². The number of amides is 2. The number of benzene rings is 2. The predicted octanol–water partition coefficient (Wildman–Crippen LogP) is 4.39. The summed E-state index contributed by atoms with van der Waals surface area (Å²) >= 11 is 0. The van der Waals surface area contributed by atoms with Crippen LogP contribution in [0.3, 0.4) is 0 Å². The van der Waals surface area contributed by atoms with Gasteiger partial charge in [-0.15, -0.1) is 0 Å². The molecule has 0 unspecified atom stereocenters. The van der Waals surface area contributed by atoms with Crippen molar-refractivity contribution in [2.75, 3.05) is 37.4 Å². The molecule has 4 rings (SSSR count). The Morgan fingerprint density at radius 1 is 1.16 bits per heavy atom. The van der Waals surface area contributed by atoms with Crippen molar-refractivity contribution < 1.29 is 13.6 Å². The van der Waals surface area contributed by atoms with Gasteiger partial charge >= 0.3 is 6.03 Å². The molecule has 2 heterocycles. The zero-order valence-electron chi connectivity index (χ0n) is 22.1. The normalized spacial score (nSPS) is 12.8. The SMILES string of the molecule is Cc1ccc(C(=N)N(C)C)cc1-c1nc(NCCNC(C)C)nc2c1CNC(=O)N2c1c(F)cccc1F. The summed E-state index contributed by atoms with van der Waals surface area (Å²) in [7, 11) is 3.58. The Labute approximate surface area is 220 Å². The molecule has 4 N–H and O–H groups in total. The van der Waals surface area contributed by atoms with Crippen LogP contribution in [-0.4, -0.2) is 60.0 Å². The van der Waals surface area contributed by atoms with Gasteiger partial charge < -0.3 is 20.9 Å². The fourth-order valence-corrected chi connectivity index (χ4v) is 4.19. The molecule has 1 aliphatic heterocycles. The summed E-state index contributed by atoms with van der Waals surface area (Å²) in [5.41, 5.74) is 2.78. The lowest BCUT2D eigenvalue weighted by molar-refractivity contribution is 0.246. The molecule has 1 aliphatic rings. The van der Waals surface area contributed by atoms with Crippen LogP contribution in [0.4, 0.5) is 31.0 Å². The van der Waals surface area contributed by atoms with E-state index in [0.29, 0.717) is 35.7 Å². The number of hydrogen-bond donors (Lipinski definition) is 4. The maximum absolute atomic E-state index is 14.9. The number of hydrogen-bond acceptors (Lipinski definition) is 6. The number of anilines is 3. The Balaban J connectivity index is 1.91. The summed E-state index contributed by atoms with van der Waals surface area (Å²) in [6.45, 7) is 7.18. The third-order valence-electron chi connectivity index (χ3n) is 6.15. The first-order chi connectivity index (χ1) is 18.1. The van der Waals surface area contributed by atoms with Gasteiger partial charge in [-0.25, -0.2) is 23.5 Å². The molecular formula is C27H32F2N8O. The smallest absolute Gasteiger partial charge is 0.328 e. The number of nitrogens with one attached hydrogen (secondary N) is 4. The number of fused-ring (bicyclic) bond motifs is 1. The molecule has 38 heavy (non-hydrogen) atoms. The summed E-state index contributed by atoms with van der Waals surface area (Å²) in [5, 5.41) is 17.6. The number of urea groups is 1. The lowest BCUT2D eigenvalue weighted by Gasteiger charge is -2.31. The largest absolute Gasteiger partial charge is 0.363 e. The zero-order valence-corrected chi connectivity index (χ0v) is 22.1. The lowest BCUT2D eigenvalue weighted by atomic mass is 9.97. The maximum Gasteiger partial charge on any atom is 0.328 e. The minimum Gasteiger partial charge on any atom is -0.363 e. The van der Waals surface area contributed by atoms with Gasteiger partial charge in [0.25, 0.3) is 0 Å². The quantitative estimate of drug-likeness (QED) is 0.199. The fraction of sp³-hybridized carbons (Fsp3) is 0.333. The van der Waals surface area contributed by atoms with Gasteiger partial charge in [0, 0.05) is 49.9 Å². The molecular weight excluding hydrogens is 490 g/mol. The highest BCUT2D eigenvalue weighted by Crippen LogP contribution is 2.39. The van der Waals surface area contributed by atoms with Gasteiger partial charge in [0.15, 0.2) is 5.82 Å². The Kier molecular flexibility index (Phi) is 7.86. The zero-order chi connectivity index (χ0) is 27.6. The monoisotopic (exact) mass is 522 g/mol. The van der Waals surface area contributed by atoms with Crippen molar-refractivity contribution in [1.29, 1.82) is 5.41 Å². The second-order valence-corrected chi connectivity index (χ2v) is 9.57. The highest BCUT2D eigenvalue weighted by atomic mass is 19.1. The van der Waals surface area contributed by atoms with E-state index in [9.17, 15) is 13.6 Å². The molecule has 0 radical (unpaired) electrons. The number of aromatic nitrogens is 2. The van der Waals surface area contributed by atoms with Crippen LogP contribution >= 0.6 is 0 Å². The van der Waals surface area contributed by atoms with E-state index in [-0.39, 0.29) is 24.4 Å². The van der Waals surface area contributed by atoms with Crippen molar-refractivity contribution in [3.05, 3.63) is 64.7 Å². The van der Waals surface area contributed by atoms with Gasteiger partial charge in [0.2, 0.25) is 5.95 Å². The van der Waals surface area contributed by atoms with E-state index in [1.807, 2.05) is 39.0 Å². The molecule has 9 nitrogen and oxygen atoms in total. The number of halogens is 2. The molecule has 0 aliphatic carbocycles. The Bertz CT molecular complexity index is 1360. The van der Waals surface area contributed by atoms with Gasteiger partial charge in [-0.05, 0) is 30.7 Å². The van der Waals surface area contributed by atoms with E-state index >= 15 is 0 Å². The second-order valence-electron chi connectivity index (χ2n) is 9.57. The number of nitrogens with zero attached hydrogens (tertiary/aromatic N) is 4. The molecule has 0 atom stereocenters. The fourth-order valence-electron chi connectivity index (χ4n) is 4.19. The molecule has 2 aromatic carbocycles. The molecule has 11 heteroatoms. The van der Waals surface area contributed by atoms with Crippen LogP contribution in [0.1, 0.15) is 30.5 Å². The highest BCUT2D eigenvalue weighted by molar-refractivity contribution is 6.02. The summed E-state index contributed by atoms with van der Waals surface area (Å²) in [4.78, 5) is 24.9. The van der Waals surface area contributed by atoms with Gasteiger partial charge in [-0.3, -0.25) is 5.41 Å². The lowest BCUT2D eigenvalue weighted by Crippen LogP contribution is -2.43. The van der Waals surface area contributed by atoms with E-state index in [1.54, 1.807) is 19.0 Å². The van der Waals surface area contributed by atoms with Crippen LogP contribution in [0.15, 0.2) is 36.4 Å². The first kappa shape index (κ1) is 26.9. The standard InChI is InChI=1S/C27H32F2N8O/c1-15(2)31-11-12-32-26-34-22(18-13-17(10-9-16(18)3)24(30)36(4)5)19-14-33-27(38)37(25(19)35-26)23-20(28)7-6-8-21(23)29/h6-10,13,15,30-31H,11-12,14H2,1-5H3,(H,33,38)(H,32,34,35). The van der Waals surface area contributed by atoms with Crippen LogP contribution in [0, 0.1) is 24.0 Å². The molecule has 0 bridgehead atoms. The summed E-state index contributed by atoms with van der Waals surface area (Å²) in [6, 6.07) is 8.64. The van der Waals surface area contributed by atoms with Crippen molar-refractivity contribution >= 4 is 29.3 Å². The van der Waals surface area contributed by atoms with Crippen molar-refractivity contribution in [3.8, 4) is 11.3 Å². The topological polar surface area (TPSA) is 109 Å². The van der Waals surface area contributed by atoms with Crippen LogP contribution in [0.5, 0.6) is 0 Å². The summed E-state index contributed by atoms with van der Waals surface area (Å²) in [6.07, 6.45) is 0. The van der Waals surface area contributed by atoms with E-state index in [4.69, 9.17) is 10.4 Å².